The molecule has 1 saturated heterocycles. The van der Waals surface area contributed by atoms with Crippen LogP contribution < -0.4 is 0 Å². The second-order valence-corrected chi connectivity index (χ2v) is 5.96. The Hall–Kier alpha value is -1.48. The van der Waals surface area contributed by atoms with Gasteiger partial charge in [-0.05, 0) is 37.5 Å². The van der Waals surface area contributed by atoms with E-state index in [0.29, 0.717) is 10.7 Å². The van der Waals surface area contributed by atoms with Gasteiger partial charge in [-0.15, -0.1) is 0 Å². The summed E-state index contributed by atoms with van der Waals surface area (Å²) < 4.78 is 0. The van der Waals surface area contributed by atoms with E-state index in [1.165, 1.54) is 12.8 Å². The van der Waals surface area contributed by atoms with Crippen molar-refractivity contribution in [3.05, 3.63) is 34.5 Å². The van der Waals surface area contributed by atoms with Crippen LogP contribution in [0.5, 0.6) is 0 Å². The number of carbonyl (C=O) groups excluding carboxylic acids is 1. The Morgan fingerprint density at radius 1 is 1.20 bits per heavy atom. The predicted octanol–water partition coefficient (Wildman–Crippen LogP) is 4.15. The number of carbonyl (C=O) groups is 1. The lowest BCUT2D eigenvalue weighted by Crippen LogP contribution is -2.32. The van der Waals surface area contributed by atoms with Crippen LogP contribution in [-0.2, 0) is 0 Å². The average molecular weight is 291 g/mol. The van der Waals surface area contributed by atoms with Gasteiger partial charge in [-0.3, -0.25) is 4.79 Å². The molecule has 1 amide bonds. The van der Waals surface area contributed by atoms with E-state index in [9.17, 15) is 4.79 Å². The Bertz CT molecular complexity index is 639. The van der Waals surface area contributed by atoms with Crippen LogP contribution in [0.1, 0.15) is 41.7 Å². The van der Waals surface area contributed by atoms with E-state index in [0.717, 1.165) is 42.4 Å². The molecule has 20 heavy (non-hydrogen) atoms. The fraction of sp³-hybridized carbons (Fsp3) is 0.438. The molecule has 0 unspecified atom stereocenters. The van der Waals surface area contributed by atoms with Gasteiger partial charge in [0.25, 0.3) is 5.91 Å². The highest BCUT2D eigenvalue weighted by molar-refractivity contribution is 6.31. The van der Waals surface area contributed by atoms with Crippen molar-refractivity contribution < 1.29 is 4.79 Å². The van der Waals surface area contributed by atoms with Gasteiger partial charge in [-0.2, -0.15) is 0 Å². The number of nitrogens with zero attached hydrogens (tertiary/aromatic N) is 1. The van der Waals surface area contributed by atoms with Gasteiger partial charge in [-0.1, -0.05) is 30.5 Å². The molecule has 3 rings (SSSR count). The summed E-state index contributed by atoms with van der Waals surface area (Å²) in [6, 6.07) is 5.72. The molecule has 0 atom stereocenters. The fourth-order valence-corrected chi connectivity index (χ4v) is 3.13. The zero-order valence-corrected chi connectivity index (χ0v) is 12.5. The van der Waals surface area contributed by atoms with E-state index in [2.05, 4.69) is 4.98 Å². The second kappa shape index (κ2) is 5.49. The smallest absolute Gasteiger partial charge is 0.270 e. The molecule has 2 heterocycles. The summed E-state index contributed by atoms with van der Waals surface area (Å²) in [5.74, 6) is 0.122. The molecule has 106 valence electrons. The number of hydrogen-bond acceptors (Lipinski definition) is 1. The first-order chi connectivity index (χ1) is 9.66. The maximum Gasteiger partial charge on any atom is 0.270 e. The molecule has 1 aromatic heterocycles. The monoisotopic (exact) mass is 290 g/mol. The van der Waals surface area contributed by atoms with Crippen molar-refractivity contribution in [3.8, 4) is 0 Å². The van der Waals surface area contributed by atoms with E-state index in [4.69, 9.17) is 11.6 Å². The number of aromatic amines is 1. The number of aromatic nitrogens is 1. The van der Waals surface area contributed by atoms with E-state index >= 15 is 0 Å². The summed E-state index contributed by atoms with van der Waals surface area (Å²) in [6.07, 6.45) is 4.67. The van der Waals surface area contributed by atoms with Gasteiger partial charge in [-0.25, -0.2) is 0 Å². The largest absolute Gasteiger partial charge is 0.350 e. The molecular formula is C16H19ClN2O. The molecule has 0 bridgehead atoms. The Labute approximate surface area is 123 Å². The van der Waals surface area contributed by atoms with Gasteiger partial charge in [0.2, 0.25) is 0 Å². The molecule has 1 fully saturated rings. The zero-order chi connectivity index (χ0) is 14.1. The second-order valence-electron chi connectivity index (χ2n) is 5.52. The summed E-state index contributed by atoms with van der Waals surface area (Å²) in [6.45, 7) is 3.74. The lowest BCUT2D eigenvalue weighted by molar-refractivity contribution is 0.0756. The van der Waals surface area contributed by atoms with Gasteiger partial charge in [0.1, 0.15) is 5.69 Å². The van der Waals surface area contributed by atoms with E-state index in [1.807, 2.05) is 30.0 Å². The highest BCUT2D eigenvalue weighted by Crippen LogP contribution is 2.26. The van der Waals surface area contributed by atoms with Gasteiger partial charge < -0.3 is 9.88 Å². The van der Waals surface area contributed by atoms with Crippen molar-refractivity contribution in [1.82, 2.24) is 9.88 Å². The standard InChI is InChI=1S/C16H19ClN2O/c1-11-13-7-6-12(17)10-14(13)18-15(11)16(20)19-8-4-2-3-5-9-19/h6-7,10,18H,2-5,8-9H2,1H3. The molecule has 1 aromatic carbocycles. The zero-order valence-electron chi connectivity index (χ0n) is 11.7. The van der Waals surface area contributed by atoms with Crippen LogP contribution in [0.25, 0.3) is 10.9 Å². The summed E-state index contributed by atoms with van der Waals surface area (Å²) in [5.41, 5.74) is 2.67. The Kier molecular flexibility index (Phi) is 3.70. The number of hydrogen-bond donors (Lipinski definition) is 1. The minimum absolute atomic E-state index is 0.122. The van der Waals surface area contributed by atoms with Crippen molar-refractivity contribution in [2.45, 2.75) is 32.6 Å². The molecule has 0 aliphatic carbocycles. The molecule has 1 aliphatic rings. The fourth-order valence-electron chi connectivity index (χ4n) is 2.96. The van der Waals surface area contributed by atoms with Gasteiger partial charge in [0, 0.05) is 29.0 Å². The van der Waals surface area contributed by atoms with Crippen LogP contribution in [0.15, 0.2) is 18.2 Å². The summed E-state index contributed by atoms with van der Waals surface area (Å²) >= 11 is 6.01. The number of rotatable bonds is 1. The number of amides is 1. The number of fused-ring (bicyclic) bond motifs is 1. The normalized spacial score (nSPS) is 16.4. The maximum absolute atomic E-state index is 12.7. The van der Waals surface area contributed by atoms with Crippen LogP contribution in [-0.4, -0.2) is 28.9 Å². The topological polar surface area (TPSA) is 36.1 Å². The van der Waals surface area contributed by atoms with Crippen LogP contribution in [0.2, 0.25) is 5.02 Å². The molecule has 4 heteroatoms. The minimum Gasteiger partial charge on any atom is -0.350 e. The first-order valence-electron chi connectivity index (χ1n) is 7.24. The number of nitrogens with one attached hydrogen (secondary N) is 1. The molecule has 0 saturated carbocycles. The third-order valence-electron chi connectivity index (χ3n) is 4.13. The molecule has 2 aromatic rings. The van der Waals surface area contributed by atoms with E-state index < -0.39 is 0 Å². The highest BCUT2D eigenvalue weighted by Gasteiger charge is 2.21. The third-order valence-corrected chi connectivity index (χ3v) is 4.36. The van der Waals surface area contributed by atoms with Gasteiger partial charge in [0.05, 0.1) is 0 Å². The minimum atomic E-state index is 0.122. The molecule has 0 spiro atoms. The van der Waals surface area contributed by atoms with Crippen molar-refractivity contribution in [1.29, 1.82) is 0 Å². The van der Waals surface area contributed by atoms with Gasteiger partial charge in [0.15, 0.2) is 0 Å². The lowest BCUT2D eigenvalue weighted by atomic mass is 10.1. The maximum atomic E-state index is 12.7. The van der Waals surface area contributed by atoms with Crippen LogP contribution in [0.4, 0.5) is 0 Å². The number of halogens is 1. The number of likely N-dealkylation sites (tertiary alicyclic amines) is 1. The SMILES string of the molecule is Cc1c(C(=O)N2CCCCCC2)[nH]c2cc(Cl)ccc12. The highest BCUT2D eigenvalue weighted by atomic mass is 35.5. The van der Waals surface area contributed by atoms with Gasteiger partial charge >= 0.3 is 0 Å². The van der Waals surface area contributed by atoms with Crippen molar-refractivity contribution >= 4 is 28.4 Å². The molecular weight excluding hydrogens is 272 g/mol. The quantitative estimate of drug-likeness (QED) is 0.841. The Balaban J connectivity index is 1.96. The lowest BCUT2D eigenvalue weighted by Gasteiger charge is -2.19. The summed E-state index contributed by atoms with van der Waals surface area (Å²) in [5, 5.41) is 1.76. The molecule has 0 radical (unpaired) electrons. The Morgan fingerprint density at radius 3 is 2.60 bits per heavy atom. The number of aryl methyl sites for hydroxylation is 1. The number of H-pyrrole nitrogens is 1. The summed E-state index contributed by atoms with van der Waals surface area (Å²) in [4.78, 5) is 17.9. The first kappa shape index (κ1) is 13.5. The summed E-state index contributed by atoms with van der Waals surface area (Å²) in [7, 11) is 0. The number of benzene rings is 1. The molecule has 3 nitrogen and oxygen atoms in total. The molecule has 1 N–H and O–H groups in total. The van der Waals surface area contributed by atoms with Crippen molar-refractivity contribution in [2.75, 3.05) is 13.1 Å². The van der Waals surface area contributed by atoms with Crippen molar-refractivity contribution in [3.63, 3.8) is 0 Å². The van der Waals surface area contributed by atoms with Crippen molar-refractivity contribution in [2.24, 2.45) is 0 Å². The third kappa shape index (κ3) is 2.42. The van der Waals surface area contributed by atoms with E-state index in [-0.39, 0.29) is 5.91 Å². The Morgan fingerprint density at radius 2 is 1.90 bits per heavy atom. The predicted molar refractivity (Wildman–Crippen MR) is 82.4 cm³/mol. The average Bonchev–Trinajstić information content (AvgIpc) is 2.65. The molecule has 1 aliphatic heterocycles. The first-order valence-corrected chi connectivity index (χ1v) is 7.62. The van der Waals surface area contributed by atoms with E-state index in [1.54, 1.807) is 0 Å². The van der Waals surface area contributed by atoms with Crippen LogP contribution in [0, 0.1) is 6.92 Å². The van der Waals surface area contributed by atoms with Crippen LogP contribution >= 0.6 is 11.6 Å². The van der Waals surface area contributed by atoms with Crippen LogP contribution in [0.3, 0.4) is 0 Å².